The van der Waals surface area contributed by atoms with E-state index < -0.39 is 6.10 Å². The van der Waals surface area contributed by atoms with Gasteiger partial charge in [-0.15, -0.1) is 0 Å². The molecule has 78 valence electrons. The molecule has 0 unspecified atom stereocenters. The monoisotopic (exact) mass is 202 g/mol. The highest BCUT2D eigenvalue weighted by molar-refractivity contribution is 5.45. The second-order valence-corrected chi connectivity index (χ2v) is 3.99. The van der Waals surface area contributed by atoms with E-state index in [2.05, 4.69) is 6.07 Å². The summed E-state index contributed by atoms with van der Waals surface area (Å²) in [6, 6.07) is 7.44. The highest BCUT2D eigenvalue weighted by Crippen LogP contribution is 2.30. The van der Waals surface area contributed by atoms with Gasteiger partial charge in [-0.3, -0.25) is 0 Å². The normalized spacial score (nSPS) is 25.1. The predicted molar refractivity (Wildman–Crippen MR) is 57.0 cm³/mol. The molecule has 1 aliphatic carbocycles. The van der Waals surface area contributed by atoms with Crippen molar-refractivity contribution in [2.45, 2.75) is 31.4 Å². The molecule has 0 aliphatic heterocycles. The van der Waals surface area contributed by atoms with Crippen LogP contribution in [0.1, 0.15) is 35.6 Å². The van der Waals surface area contributed by atoms with Gasteiger partial charge in [0, 0.05) is 11.6 Å². The van der Waals surface area contributed by atoms with Gasteiger partial charge in [0.25, 0.3) is 0 Å². The molecule has 1 aromatic carbocycles. The van der Waals surface area contributed by atoms with Gasteiger partial charge in [0.1, 0.15) is 0 Å². The van der Waals surface area contributed by atoms with Gasteiger partial charge in [-0.2, -0.15) is 5.26 Å². The van der Waals surface area contributed by atoms with Crippen LogP contribution in [0.15, 0.2) is 18.2 Å². The highest BCUT2D eigenvalue weighted by Gasteiger charge is 2.25. The Morgan fingerprint density at radius 1 is 1.47 bits per heavy atom. The molecule has 3 heteroatoms. The number of benzene rings is 1. The Hall–Kier alpha value is -1.37. The van der Waals surface area contributed by atoms with Gasteiger partial charge in [-0.1, -0.05) is 12.1 Å². The summed E-state index contributed by atoms with van der Waals surface area (Å²) in [6.07, 6.45) is 1.98. The minimum Gasteiger partial charge on any atom is -0.387 e. The molecule has 1 aliphatic rings. The fourth-order valence-corrected chi connectivity index (χ4v) is 2.18. The van der Waals surface area contributed by atoms with Gasteiger partial charge in [0.05, 0.1) is 17.7 Å². The molecule has 0 aromatic heterocycles. The summed E-state index contributed by atoms with van der Waals surface area (Å²) in [6.45, 7) is 0. The lowest BCUT2D eigenvalue weighted by molar-refractivity contribution is 0.144. The van der Waals surface area contributed by atoms with Crippen LogP contribution in [0.3, 0.4) is 0 Å². The first-order chi connectivity index (χ1) is 7.24. The van der Waals surface area contributed by atoms with Crippen LogP contribution in [0.5, 0.6) is 0 Å². The summed E-state index contributed by atoms with van der Waals surface area (Å²) in [5.74, 6) is 0. The number of hydrogen-bond donors (Lipinski definition) is 2. The van der Waals surface area contributed by atoms with Gasteiger partial charge in [-0.25, -0.2) is 0 Å². The Labute approximate surface area is 89.1 Å². The molecule has 0 saturated heterocycles. The van der Waals surface area contributed by atoms with Crippen LogP contribution >= 0.6 is 0 Å². The highest BCUT2D eigenvalue weighted by atomic mass is 16.3. The summed E-state index contributed by atoms with van der Waals surface area (Å²) in [4.78, 5) is 0. The van der Waals surface area contributed by atoms with Crippen LogP contribution in [-0.4, -0.2) is 11.1 Å². The molecular formula is C12H14N2O. The number of nitrogens with two attached hydrogens (primary N) is 1. The standard InChI is InChI=1S/C12H14N2O/c13-7-9-5-1-3-8-4-2-6-10(14)12(15)11(8)9/h1,3,5,10,12,15H,2,4,6,14H2/t10-,12+/m0/s1. The van der Waals surface area contributed by atoms with Crippen LogP contribution in [0.2, 0.25) is 0 Å². The van der Waals surface area contributed by atoms with Crippen molar-refractivity contribution in [1.29, 1.82) is 5.26 Å². The van der Waals surface area contributed by atoms with E-state index in [0.29, 0.717) is 5.56 Å². The molecule has 0 spiro atoms. The van der Waals surface area contributed by atoms with Gasteiger partial charge < -0.3 is 10.8 Å². The Morgan fingerprint density at radius 2 is 2.27 bits per heavy atom. The molecule has 0 fully saturated rings. The molecule has 2 atom stereocenters. The van der Waals surface area contributed by atoms with Gasteiger partial charge in [0.2, 0.25) is 0 Å². The van der Waals surface area contributed by atoms with E-state index in [9.17, 15) is 5.11 Å². The zero-order valence-corrected chi connectivity index (χ0v) is 8.48. The number of rotatable bonds is 0. The number of hydrogen-bond acceptors (Lipinski definition) is 3. The first kappa shape index (κ1) is 10.2. The quantitative estimate of drug-likeness (QED) is 0.622. The van der Waals surface area contributed by atoms with Gasteiger partial charge >= 0.3 is 0 Å². The van der Waals surface area contributed by atoms with Gasteiger partial charge in [0.15, 0.2) is 0 Å². The van der Waals surface area contributed by atoms with E-state index in [1.165, 1.54) is 0 Å². The third-order valence-electron chi connectivity index (χ3n) is 3.00. The van der Waals surface area contributed by atoms with Crippen molar-refractivity contribution in [3.05, 3.63) is 34.9 Å². The fourth-order valence-electron chi connectivity index (χ4n) is 2.18. The maximum absolute atomic E-state index is 10.0. The smallest absolute Gasteiger partial charge is 0.0995 e. The predicted octanol–water partition coefficient (Wildman–Crippen LogP) is 1.26. The van der Waals surface area contributed by atoms with Gasteiger partial charge in [-0.05, 0) is 30.9 Å². The number of fused-ring (bicyclic) bond motifs is 1. The molecule has 1 aromatic rings. The summed E-state index contributed by atoms with van der Waals surface area (Å²) >= 11 is 0. The Morgan fingerprint density at radius 3 is 3.00 bits per heavy atom. The molecular weight excluding hydrogens is 188 g/mol. The Kier molecular flexibility index (Phi) is 2.72. The van der Waals surface area contributed by atoms with E-state index in [1.807, 2.05) is 12.1 Å². The second-order valence-electron chi connectivity index (χ2n) is 3.99. The summed E-state index contributed by atoms with van der Waals surface area (Å²) < 4.78 is 0. The van der Waals surface area contributed by atoms with E-state index in [-0.39, 0.29) is 6.04 Å². The molecule has 3 nitrogen and oxygen atoms in total. The van der Waals surface area contributed by atoms with Crippen molar-refractivity contribution in [3.63, 3.8) is 0 Å². The number of nitriles is 1. The van der Waals surface area contributed by atoms with Crippen LogP contribution in [-0.2, 0) is 6.42 Å². The third kappa shape index (κ3) is 1.74. The number of aliphatic hydroxyl groups is 1. The topological polar surface area (TPSA) is 70.0 Å². The SMILES string of the molecule is N#Cc1cccc2c1[C@H](O)[C@@H](N)CCC2. The molecule has 0 bridgehead atoms. The maximum Gasteiger partial charge on any atom is 0.0995 e. The van der Waals surface area contributed by atoms with E-state index in [0.717, 1.165) is 30.4 Å². The Balaban J connectivity index is 2.55. The molecule has 0 amide bonds. The lowest BCUT2D eigenvalue weighted by Gasteiger charge is -2.18. The first-order valence-electron chi connectivity index (χ1n) is 5.19. The molecule has 0 saturated carbocycles. The fraction of sp³-hybridized carbons (Fsp3) is 0.417. The van der Waals surface area contributed by atoms with Crippen LogP contribution in [0.25, 0.3) is 0 Å². The van der Waals surface area contributed by atoms with Crippen molar-refractivity contribution >= 4 is 0 Å². The zero-order chi connectivity index (χ0) is 10.8. The number of nitrogens with zero attached hydrogens (tertiary/aromatic N) is 1. The minimum atomic E-state index is -0.696. The average molecular weight is 202 g/mol. The summed E-state index contributed by atoms with van der Waals surface area (Å²) in [5, 5.41) is 19.0. The molecule has 3 N–H and O–H groups in total. The van der Waals surface area contributed by atoms with Crippen molar-refractivity contribution in [2.75, 3.05) is 0 Å². The largest absolute Gasteiger partial charge is 0.387 e. The average Bonchev–Trinajstić information content (AvgIpc) is 2.40. The summed E-state index contributed by atoms with van der Waals surface area (Å²) in [5.41, 5.74) is 8.22. The first-order valence-corrected chi connectivity index (χ1v) is 5.19. The number of aliphatic hydroxyl groups excluding tert-OH is 1. The van der Waals surface area contributed by atoms with Crippen molar-refractivity contribution < 1.29 is 5.11 Å². The molecule has 0 radical (unpaired) electrons. The zero-order valence-electron chi connectivity index (χ0n) is 8.48. The van der Waals surface area contributed by atoms with Crippen molar-refractivity contribution in [2.24, 2.45) is 5.73 Å². The number of aryl methyl sites for hydroxylation is 1. The molecule has 0 heterocycles. The van der Waals surface area contributed by atoms with Crippen molar-refractivity contribution in [3.8, 4) is 6.07 Å². The summed E-state index contributed by atoms with van der Waals surface area (Å²) in [7, 11) is 0. The van der Waals surface area contributed by atoms with E-state index in [1.54, 1.807) is 6.07 Å². The maximum atomic E-state index is 10.0. The van der Waals surface area contributed by atoms with Crippen LogP contribution < -0.4 is 5.73 Å². The molecule has 2 rings (SSSR count). The van der Waals surface area contributed by atoms with Crippen LogP contribution in [0, 0.1) is 11.3 Å². The lowest BCUT2D eigenvalue weighted by Crippen LogP contribution is -2.27. The third-order valence-corrected chi connectivity index (χ3v) is 3.00. The van der Waals surface area contributed by atoms with Crippen LogP contribution in [0.4, 0.5) is 0 Å². The second kappa shape index (κ2) is 4.01. The lowest BCUT2D eigenvalue weighted by atomic mass is 9.94. The minimum absolute atomic E-state index is 0.249. The molecule has 15 heavy (non-hydrogen) atoms. The Bertz CT molecular complexity index is 409. The van der Waals surface area contributed by atoms with Crippen molar-refractivity contribution in [1.82, 2.24) is 0 Å². The van der Waals surface area contributed by atoms with E-state index in [4.69, 9.17) is 11.0 Å². The van der Waals surface area contributed by atoms with E-state index >= 15 is 0 Å².